The van der Waals surface area contributed by atoms with Crippen molar-refractivity contribution in [2.75, 3.05) is 7.11 Å². The monoisotopic (exact) mass is 366 g/mol. The predicted octanol–water partition coefficient (Wildman–Crippen LogP) is 2.85. The molecule has 1 heterocycles. The summed E-state index contributed by atoms with van der Waals surface area (Å²) >= 11 is 0. The number of carbonyl (C=O) groups is 2. The molecule has 3 rings (SSSR count). The maximum Gasteiger partial charge on any atom is 0.326 e. The summed E-state index contributed by atoms with van der Waals surface area (Å²) in [6.45, 7) is 0.472. The maximum absolute atomic E-state index is 12.3. The summed E-state index contributed by atoms with van der Waals surface area (Å²) < 4.78 is 7.19. The van der Waals surface area contributed by atoms with Crippen LogP contribution in [0.4, 0.5) is 0 Å². The van der Waals surface area contributed by atoms with E-state index in [1.807, 2.05) is 65.4 Å². The highest BCUT2D eigenvalue weighted by atomic mass is 16.5. The van der Waals surface area contributed by atoms with Crippen LogP contribution in [0.15, 0.2) is 60.8 Å². The van der Waals surface area contributed by atoms with E-state index >= 15 is 0 Å². The molecule has 0 aliphatic heterocycles. The number of carboxylic acid groups (broad SMARTS) is 1. The fraction of sp³-hybridized carbons (Fsp3) is 0.238. The highest BCUT2D eigenvalue weighted by Crippen LogP contribution is 2.22. The molecule has 0 saturated carbocycles. The number of hydrogen-bond acceptors (Lipinski definition) is 3. The first-order chi connectivity index (χ1) is 13.1. The van der Waals surface area contributed by atoms with Crippen molar-refractivity contribution in [2.24, 2.45) is 0 Å². The summed E-state index contributed by atoms with van der Waals surface area (Å²) in [5.41, 5.74) is 1.87. The third-order valence-electron chi connectivity index (χ3n) is 4.47. The normalized spacial score (nSPS) is 11.9. The molecule has 3 aromatic rings. The molecule has 0 unspecified atom stereocenters. The molecule has 0 bridgehead atoms. The van der Waals surface area contributed by atoms with Crippen molar-refractivity contribution in [2.45, 2.75) is 25.4 Å². The van der Waals surface area contributed by atoms with Gasteiger partial charge in [0.25, 0.3) is 0 Å². The first kappa shape index (κ1) is 18.5. The molecule has 1 atom stereocenters. The van der Waals surface area contributed by atoms with Gasteiger partial charge in [0.15, 0.2) is 0 Å². The number of carbonyl (C=O) groups excluding carboxylic acids is 1. The van der Waals surface area contributed by atoms with E-state index in [1.165, 1.54) is 0 Å². The van der Waals surface area contributed by atoms with Crippen molar-refractivity contribution in [3.05, 3.63) is 66.4 Å². The smallest absolute Gasteiger partial charge is 0.326 e. The first-order valence-corrected chi connectivity index (χ1v) is 8.76. The minimum atomic E-state index is -1.04. The number of benzene rings is 2. The van der Waals surface area contributed by atoms with Gasteiger partial charge >= 0.3 is 5.97 Å². The van der Waals surface area contributed by atoms with Gasteiger partial charge in [0.05, 0.1) is 7.11 Å². The molecule has 0 aliphatic rings. The van der Waals surface area contributed by atoms with Gasteiger partial charge in [0, 0.05) is 36.5 Å². The third kappa shape index (κ3) is 4.67. The predicted molar refractivity (Wildman–Crippen MR) is 103 cm³/mol. The molecule has 27 heavy (non-hydrogen) atoms. The van der Waals surface area contributed by atoms with Crippen molar-refractivity contribution >= 4 is 22.8 Å². The van der Waals surface area contributed by atoms with Crippen LogP contribution in [0.2, 0.25) is 0 Å². The van der Waals surface area contributed by atoms with E-state index in [9.17, 15) is 14.7 Å². The molecular weight excluding hydrogens is 344 g/mol. The number of ether oxygens (including phenoxy) is 1. The van der Waals surface area contributed by atoms with Gasteiger partial charge < -0.3 is 19.7 Å². The molecule has 2 aromatic carbocycles. The van der Waals surface area contributed by atoms with Crippen molar-refractivity contribution in [1.29, 1.82) is 0 Å². The Morgan fingerprint density at radius 1 is 1.15 bits per heavy atom. The number of hydrogen-bond donors (Lipinski definition) is 2. The molecule has 0 fully saturated rings. The lowest BCUT2D eigenvalue weighted by atomic mass is 10.1. The van der Waals surface area contributed by atoms with Crippen molar-refractivity contribution in [3.8, 4) is 5.75 Å². The average Bonchev–Trinajstić information content (AvgIpc) is 3.08. The molecule has 0 saturated heterocycles. The number of methoxy groups -OCH3 is 1. The summed E-state index contributed by atoms with van der Waals surface area (Å²) in [4.78, 5) is 23.7. The Hall–Kier alpha value is -3.28. The van der Waals surface area contributed by atoms with Crippen LogP contribution in [-0.2, 0) is 22.6 Å². The highest BCUT2D eigenvalue weighted by molar-refractivity contribution is 5.84. The molecule has 6 nitrogen and oxygen atoms in total. The maximum atomic E-state index is 12.3. The number of carboxylic acids is 1. The Bertz CT molecular complexity index is 934. The van der Waals surface area contributed by atoms with Crippen LogP contribution < -0.4 is 10.1 Å². The number of aryl methyl sites for hydroxylation is 1. The van der Waals surface area contributed by atoms with Gasteiger partial charge in [-0.15, -0.1) is 0 Å². The fourth-order valence-corrected chi connectivity index (χ4v) is 3.04. The van der Waals surface area contributed by atoms with E-state index in [1.54, 1.807) is 7.11 Å². The van der Waals surface area contributed by atoms with Crippen molar-refractivity contribution in [1.82, 2.24) is 9.88 Å². The lowest BCUT2D eigenvalue weighted by Crippen LogP contribution is -2.42. The number of amides is 1. The fourth-order valence-electron chi connectivity index (χ4n) is 3.04. The number of fused-ring (bicyclic) bond motifs is 1. The van der Waals surface area contributed by atoms with E-state index in [0.29, 0.717) is 6.54 Å². The number of nitrogens with zero attached hydrogens (tertiary/aromatic N) is 1. The summed E-state index contributed by atoms with van der Waals surface area (Å²) in [6, 6.07) is 16.0. The van der Waals surface area contributed by atoms with Gasteiger partial charge in [0.2, 0.25) is 5.91 Å². The van der Waals surface area contributed by atoms with Crippen molar-refractivity contribution in [3.63, 3.8) is 0 Å². The number of nitrogens with one attached hydrogen (secondary N) is 1. The lowest BCUT2D eigenvalue weighted by molar-refractivity contribution is -0.141. The largest absolute Gasteiger partial charge is 0.497 e. The quantitative estimate of drug-likeness (QED) is 0.642. The van der Waals surface area contributed by atoms with Crippen LogP contribution in [0.25, 0.3) is 10.9 Å². The summed E-state index contributed by atoms with van der Waals surface area (Å²) in [7, 11) is 1.62. The zero-order valence-corrected chi connectivity index (χ0v) is 15.1. The van der Waals surface area contributed by atoms with Crippen LogP contribution >= 0.6 is 0 Å². The molecule has 1 aromatic heterocycles. The van der Waals surface area contributed by atoms with Crippen LogP contribution in [0.1, 0.15) is 12.0 Å². The molecule has 140 valence electrons. The standard InChI is InChI=1S/C21H22N2O4/c1-27-17-7-8-19-16(14-17)9-11-23(19)12-10-20(24)22-18(21(25)26)13-15-5-3-2-4-6-15/h2-9,11,14,18H,10,12-13H2,1H3,(H,22,24)(H,25,26)/t18-/m0/s1. The second kappa shape index (κ2) is 8.40. The third-order valence-corrected chi connectivity index (χ3v) is 4.47. The molecule has 0 aliphatic carbocycles. The van der Waals surface area contributed by atoms with Crippen LogP contribution in [0, 0.1) is 0 Å². The molecular formula is C21H22N2O4. The van der Waals surface area contributed by atoms with Gasteiger partial charge in [0.1, 0.15) is 11.8 Å². The Morgan fingerprint density at radius 3 is 2.63 bits per heavy atom. The van der Waals surface area contributed by atoms with E-state index in [4.69, 9.17) is 4.74 Å². The topological polar surface area (TPSA) is 80.6 Å². The van der Waals surface area contributed by atoms with Gasteiger partial charge in [-0.3, -0.25) is 4.79 Å². The molecule has 1 amide bonds. The van der Waals surface area contributed by atoms with Crippen LogP contribution in [-0.4, -0.2) is 34.7 Å². The molecule has 0 radical (unpaired) electrons. The minimum absolute atomic E-state index is 0.203. The van der Waals surface area contributed by atoms with Crippen LogP contribution in [0.3, 0.4) is 0 Å². The van der Waals surface area contributed by atoms with Crippen molar-refractivity contribution < 1.29 is 19.4 Å². The average molecular weight is 366 g/mol. The van der Waals surface area contributed by atoms with Gasteiger partial charge in [-0.1, -0.05) is 30.3 Å². The van der Waals surface area contributed by atoms with Crippen LogP contribution in [0.5, 0.6) is 5.75 Å². The van der Waals surface area contributed by atoms with E-state index < -0.39 is 12.0 Å². The van der Waals surface area contributed by atoms with E-state index in [0.717, 1.165) is 22.2 Å². The van der Waals surface area contributed by atoms with Gasteiger partial charge in [-0.05, 0) is 29.8 Å². The Morgan fingerprint density at radius 2 is 1.93 bits per heavy atom. The van der Waals surface area contributed by atoms with E-state index in [2.05, 4.69) is 5.32 Å². The summed E-state index contributed by atoms with van der Waals surface area (Å²) in [5, 5.41) is 13.0. The molecule has 6 heteroatoms. The summed E-state index contributed by atoms with van der Waals surface area (Å²) in [5.74, 6) is -0.539. The van der Waals surface area contributed by atoms with Gasteiger partial charge in [-0.2, -0.15) is 0 Å². The zero-order chi connectivity index (χ0) is 19.2. The second-order valence-electron chi connectivity index (χ2n) is 6.33. The Labute approximate surface area is 157 Å². The Balaban J connectivity index is 1.60. The SMILES string of the molecule is COc1ccc2c(ccn2CCC(=O)N[C@@H](Cc2ccccc2)C(=O)O)c1. The van der Waals surface area contributed by atoms with E-state index in [-0.39, 0.29) is 18.7 Å². The minimum Gasteiger partial charge on any atom is -0.497 e. The van der Waals surface area contributed by atoms with Gasteiger partial charge in [-0.25, -0.2) is 4.79 Å². The lowest BCUT2D eigenvalue weighted by Gasteiger charge is -2.15. The molecule has 2 N–H and O–H groups in total. The number of aliphatic carboxylic acids is 1. The summed E-state index contributed by atoms with van der Waals surface area (Å²) in [6.07, 6.45) is 2.37. The highest BCUT2D eigenvalue weighted by Gasteiger charge is 2.20. The zero-order valence-electron chi connectivity index (χ0n) is 15.1. The second-order valence-corrected chi connectivity index (χ2v) is 6.33. The first-order valence-electron chi connectivity index (χ1n) is 8.76. The number of aromatic nitrogens is 1. The number of rotatable bonds is 8. The Kier molecular flexibility index (Phi) is 5.76. The molecule has 0 spiro atoms.